The minimum absolute atomic E-state index is 0.292. The van der Waals surface area contributed by atoms with Crippen LogP contribution in [0.2, 0.25) is 0 Å². The van der Waals surface area contributed by atoms with Crippen LogP contribution in [0, 0.1) is 0 Å². The van der Waals surface area contributed by atoms with Crippen molar-refractivity contribution in [2.75, 3.05) is 40.3 Å². The van der Waals surface area contributed by atoms with Crippen molar-refractivity contribution in [1.29, 1.82) is 0 Å². The Morgan fingerprint density at radius 3 is 2.06 bits per heavy atom. The van der Waals surface area contributed by atoms with E-state index in [0.717, 1.165) is 5.56 Å². The Labute approximate surface area is 198 Å². The van der Waals surface area contributed by atoms with Gasteiger partial charge in [0.05, 0.1) is 39.7 Å². The van der Waals surface area contributed by atoms with Gasteiger partial charge in [-0.3, -0.25) is 9.59 Å². The summed E-state index contributed by atoms with van der Waals surface area (Å²) < 4.78 is 21.0. The van der Waals surface area contributed by atoms with Crippen molar-refractivity contribution in [2.24, 2.45) is 0 Å². The Bertz CT molecular complexity index is 1140. The number of carbonyl (C=O) groups excluding carboxylic acids is 2. The van der Waals surface area contributed by atoms with Gasteiger partial charge in [0, 0.05) is 18.2 Å². The third-order valence-corrected chi connectivity index (χ3v) is 5.18. The molecule has 8 heteroatoms. The molecule has 3 rings (SSSR count). The maximum absolute atomic E-state index is 12.9. The van der Waals surface area contributed by atoms with Gasteiger partial charge in [0.15, 0.2) is 11.5 Å². The first-order chi connectivity index (χ1) is 16.5. The van der Waals surface area contributed by atoms with E-state index in [1.54, 1.807) is 56.7 Å². The highest BCUT2D eigenvalue weighted by Crippen LogP contribution is 2.28. The number of hydrogen-bond acceptors (Lipinski definition) is 6. The summed E-state index contributed by atoms with van der Waals surface area (Å²) in [7, 11) is 6.19. The molecule has 0 radical (unpaired) electrons. The smallest absolute Gasteiger partial charge is 0.255 e. The van der Waals surface area contributed by atoms with Gasteiger partial charge in [0.25, 0.3) is 11.8 Å². The standard InChI is InChI=1S/C26H28N2O6/c1-31-19-14-18(15-20(16-19)32-2)25(29)28-22-8-6-5-7-21(22)26(30)27-12-11-17-9-10-23(33-3)24(13-17)34-4/h5-10,13-16H,11-12H2,1-4H3,(H,27,30)(H,28,29). The Kier molecular flexibility index (Phi) is 8.34. The molecule has 0 unspecified atom stereocenters. The van der Waals surface area contributed by atoms with Crippen LogP contribution in [0.3, 0.4) is 0 Å². The predicted octanol–water partition coefficient (Wildman–Crippen LogP) is 3.95. The normalized spacial score (nSPS) is 10.2. The summed E-state index contributed by atoms with van der Waals surface area (Å²) in [5.41, 5.74) is 2.10. The SMILES string of the molecule is COc1cc(OC)cc(C(=O)Nc2ccccc2C(=O)NCCc2ccc(OC)c(OC)c2)c1. The minimum Gasteiger partial charge on any atom is -0.497 e. The number of methoxy groups -OCH3 is 4. The van der Waals surface area contributed by atoms with Crippen molar-refractivity contribution in [2.45, 2.75) is 6.42 Å². The lowest BCUT2D eigenvalue weighted by Crippen LogP contribution is -2.27. The minimum atomic E-state index is -0.386. The van der Waals surface area contributed by atoms with E-state index in [4.69, 9.17) is 18.9 Å². The van der Waals surface area contributed by atoms with E-state index < -0.39 is 0 Å². The van der Waals surface area contributed by atoms with Gasteiger partial charge < -0.3 is 29.6 Å². The van der Waals surface area contributed by atoms with E-state index in [0.29, 0.717) is 52.8 Å². The first-order valence-corrected chi connectivity index (χ1v) is 10.6. The zero-order valence-electron chi connectivity index (χ0n) is 19.6. The molecule has 0 aliphatic carbocycles. The molecule has 0 saturated carbocycles. The van der Waals surface area contributed by atoms with Crippen LogP contribution >= 0.6 is 0 Å². The van der Waals surface area contributed by atoms with E-state index in [9.17, 15) is 9.59 Å². The van der Waals surface area contributed by atoms with Crippen LogP contribution in [0.15, 0.2) is 60.7 Å². The fourth-order valence-corrected chi connectivity index (χ4v) is 3.37. The van der Waals surface area contributed by atoms with Gasteiger partial charge in [-0.2, -0.15) is 0 Å². The maximum atomic E-state index is 12.9. The van der Waals surface area contributed by atoms with Crippen LogP contribution in [0.25, 0.3) is 0 Å². The van der Waals surface area contributed by atoms with Crippen molar-refractivity contribution in [1.82, 2.24) is 5.32 Å². The van der Waals surface area contributed by atoms with Gasteiger partial charge in [0.1, 0.15) is 11.5 Å². The van der Waals surface area contributed by atoms with E-state index in [1.165, 1.54) is 14.2 Å². The molecule has 178 valence electrons. The molecule has 0 saturated heterocycles. The number of rotatable bonds is 10. The average molecular weight is 465 g/mol. The molecule has 0 fully saturated rings. The summed E-state index contributed by atoms with van der Waals surface area (Å²) in [6.45, 7) is 0.406. The second-order valence-corrected chi connectivity index (χ2v) is 7.30. The van der Waals surface area contributed by atoms with E-state index in [1.807, 2.05) is 18.2 Å². The van der Waals surface area contributed by atoms with Crippen molar-refractivity contribution in [3.05, 3.63) is 77.4 Å². The zero-order valence-corrected chi connectivity index (χ0v) is 19.6. The van der Waals surface area contributed by atoms with Crippen LogP contribution in [0.1, 0.15) is 26.3 Å². The topological polar surface area (TPSA) is 95.1 Å². The lowest BCUT2D eigenvalue weighted by Gasteiger charge is -2.13. The van der Waals surface area contributed by atoms with E-state index in [2.05, 4.69) is 10.6 Å². The summed E-state index contributed by atoms with van der Waals surface area (Å²) in [5, 5.41) is 5.71. The van der Waals surface area contributed by atoms with Crippen LogP contribution in [-0.2, 0) is 6.42 Å². The maximum Gasteiger partial charge on any atom is 0.255 e. The number of carbonyl (C=O) groups is 2. The van der Waals surface area contributed by atoms with Crippen LogP contribution in [0.5, 0.6) is 23.0 Å². The number of para-hydroxylation sites is 1. The highest BCUT2D eigenvalue weighted by Gasteiger charge is 2.15. The van der Waals surface area contributed by atoms with Gasteiger partial charge in [-0.15, -0.1) is 0 Å². The molecule has 2 amide bonds. The fraction of sp³-hybridized carbons (Fsp3) is 0.231. The van der Waals surface area contributed by atoms with Crippen LogP contribution < -0.4 is 29.6 Å². The monoisotopic (exact) mass is 464 g/mol. The number of anilines is 1. The zero-order chi connectivity index (χ0) is 24.5. The summed E-state index contributed by atoms with van der Waals surface area (Å²) in [6, 6.07) is 17.3. The molecule has 0 bridgehead atoms. The highest BCUT2D eigenvalue weighted by molar-refractivity contribution is 6.09. The number of ether oxygens (including phenoxy) is 4. The molecule has 0 aliphatic rings. The molecule has 0 aliphatic heterocycles. The molecule has 0 atom stereocenters. The van der Waals surface area contributed by atoms with E-state index in [-0.39, 0.29) is 11.8 Å². The quantitative estimate of drug-likeness (QED) is 0.472. The first-order valence-electron chi connectivity index (χ1n) is 10.6. The average Bonchev–Trinajstić information content (AvgIpc) is 2.88. The summed E-state index contributed by atoms with van der Waals surface area (Å²) >= 11 is 0. The number of nitrogens with one attached hydrogen (secondary N) is 2. The lowest BCUT2D eigenvalue weighted by atomic mass is 10.1. The Balaban J connectivity index is 1.68. The first kappa shape index (κ1) is 24.4. The van der Waals surface area contributed by atoms with Crippen LogP contribution in [0.4, 0.5) is 5.69 Å². The van der Waals surface area contributed by atoms with Gasteiger partial charge in [-0.25, -0.2) is 0 Å². The molecule has 3 aromatic rings. The highest BCUT2D eigenvalue weighted by atomic mass is 16.5. The molecule has 2 N–H and O–H groups in total. The lowest BCUT2D eigenvalue weighted by molar-refractivity contribution is 0.0955. The Hall–Kier alpha value is -4.20. The Morgan fingerprint density at radius 2 is 1.41 bits per heavy atom. The molecule has 3 aromatic carbocycles. The second kappa shape index (κ2) is 11.6. The molecular formula is C26H28N2O6. The van der Waals surface area contributed by atoms with Crippen molar-refractivity contribution in [3.8, 4) is 23.0 Å². The molecular weight excluding hydrogens is 436 g/mol. The molecule has 0 spiro atoms. The fourth-order valence-electron chi connectivity index (χ4n) is 3.37. The third kappa shape index (κ3) is 5.98. The van der Waals surface area contributed by atoms with Crippen molar-refractivity contribution in [3.63, 3.8) is 0 Å². The number of amides is 2. The van der Waals surface area contributed by atoms with Gasteiger partial charge in [0.2, 0.25) is 0 Å². The second-order valence-electron chi connectivity index (χ2n) is 7.30. The van der Waals surface area contributed by atoms with Crippen molar-refractivity contribution >= 4 is 17.5 Å². The molecule has 0 heterocycles. The van der Waals surface area contributed by atoms with Gasteiger partial charge in [-0.1, -0.05) is 18.2 Å². The van der Waals surface area contributed by atoms with Crippen molar-refractivity contribution < 1.29 is 28.5 Å². The summed E-state index contributed by atoms with van der Waals surface area (Å²) in [5.74, 6) is 1.58. The molecule has 0 aromatic heterocycles. The summed E-state index contributed by atoms with van der Waals surface area (Å²) in [6.07, 6.45) is 0.601. The van der Waals surface area contributed by atoms with Crippen LogP contribution in [-0.4, -0.2) is 46.8 Å². The van der Waals surface area contributed by atoms with Gasteiger partial charge in [-0.05, 0) is 48.4 Å². The molecule has 8 nitrogen and oxygen atoms in total. The number of benzene rings is 3. The summed E-state index contributed by atoms with van der Waals surface area (Å²) in [4.78, 5) is 25.7. The third-order valence-electron chi connectivity index (χ3n) is 5.18. The Morgan fingerprint density at radius 1 is 0.735 bits per heavy atom. The largest absolute Gasteiger partial charge is 0.497 e. The van der Waals surface area contributed by atoms with Gasteiger partial charge >= 0.3 is 0 Å². The predicted molar refractivity (Wildman–Crippen MR) is 130 cm³/mol. The number of hydrogen-bond donors (Lipinski definition) is 2. The molecule has 34 heavy (non-hydrogen) atoms. The van der Waals surface area contributed by atoms with E-state index >= 15 is 0 Å².